The second-order valence-electron chi connectivity index (χ2n) is 7.33. The lowest BCUT2D eigenvalue weighted by Crippen LogP contribution is -2.27. The number of rotatable bonds is 10. The molecule has 0 spiro atoms. The van der Waals surface area contributed by atoms with Gasteiger partial charge in [-0.3, -0.25) is 9.78 Å². The van der Waals surface area contributed by atoms with Crippen molar-refractivity contribution >= 4 is 5.91 Å². The van der Waals surface area contributed by atoms with Crippen LogP contribution >= 0.6 is 0 Å². The maximum atomic E-state index is 13.4. The standard InChI is InChI=1S/C25H29N3O5/c1-28(16-18-6-5-13-27-15-18)25(29)20-14-21(23(31-3)24(32-4)22(20)30-2)33-19-9-7-17(8-10-19)11-12-26/h5-10,13-15H,11-12,16,26H2,1-4H3. The number of carbonyl (C=O) groups excluding carboxylic acids is 1. The lowest BCUT2D eigenvalue weighted by Gasteiger charge is -2.22. The summed E-state index contributed by atoms with van der Waals surface area (Å²) in [6.45, 7) is 0.949. The van der Waals surface area contributed by atoms with Crippen LogP contribution in [-0.4, -0.2) is 50.7 Å². The van der Waals surface area contributed by atoms with Crippen molar-refractivity contribution < 1.29 is 23.7 Å². The van der Waals surface area contributed by atoms with Crippen LogP contribution in [0.15, 0.2) is 54.9 Å². The zero-order valence-corrected chi connectivity index (χ0v) is 19.3. The quantitative estimate of drug-likeness (QED) is 0.502. The minimum absolute atomic E-state index is 0.264. The van der Waals surface area contributed by atoms with E-state index in [1.165, 1.54) is 21.3 Å². The van der Waals surface area contributed by atoms with Crippen LogP contribution in [-0.2, 0) is 13.0 Å². The average Bonchev–Trinajstić information content (AvgIpc) is 2.84. The Balaban J connectivity index is 1.99. The van der Waals surface area contributed by atoms with Crippen LogP contribution in [0.25, 0.3) is 0 Å². The van der Waals surface area contributed by atoms with Crippen LogP contribution in [0.1, 0.15) is 21.5 Å². The van der Waals surface area contributed by atoms with Gasteiger partial charge >= 0.3 is 0 Å². The molecular formula is C25H29N3O5. The molecule has 0 saturated carbocycles. The Morgan fingerprint density at radius 3 is 2.24 bits per heavy atom. The molecule has 0 radical (unpaired) electrons. The van der Waals surface area contributed by atoms with Gasteiger partial charge in [0.15, 0.2) is 11.5 Å². The molecule has 0 fully saturated rings. The summed E-state index contributed by atoms with van der Waals surface area (Å²) in [4.78, 5) is 19.1. The molecule has 0 atom stereocenters. The molecule has 1 aromatic heterocycles. The third-order valence-corrected chi connectivity index (χ3v) is 5.07. The number of hydrogen-bond donors (Lipinski definition) is 1. The van der Waals surface area contributed by atoms with Crippen molar-refractivity contribution in [2.45, 2.75) is 13.0 Å². The molecule has 0 bridgehead atoms. The Kier molecular flexibility index (Phi) is 8.10. The molecule has 33 heavy (non-hydrogen) atoms. The summed E-state index contributed by atoms with van der Waals surface area (Å²) in [7, 11) is 6.18. The number of ether oxygens (including phenoxy) is 4. The summed E-state index contributed by atoms with van der Waals surface area (Å²) in [6.07, 6.45) is 4.19. The number of benzene rings is 2. The minimum atomic E-state index is -0.264. The van der Waals surface area contributed by atoms with Gasteiger partial charge < -0.3 is 29.6 Å². The number of methoxy groups -OCH3 is 3. The first kappa shape index (κ1) is 23.9. The van der Waals surface area contributed by atoms with Crippen LogP contribution in [0.2, 0.25) is 0 Å². The van der Waals surface area contributed by atoms with E-state index in [9.17, 15) is 4.79 Å². The first-order valence-corrected chi connectivity index (χ1v) is 10.5. The van der Waals surface area contributed by atoms with Crippen LogP contribution in [0, 0.1) is 0 Å². The zero-order chi connectivity index (χ0) is 23.8. The van der Waals surface area contributed by atoms with Crippen LogP contribution < -0.4 is 24.7 Å². The lowest BCUT2D eigenvalue weighted by atomic mass is 10.1. The van der Waals surface area contributed by atoms with E-state index in [-0.39, 0.29) is 23.0 Å². The fourth-order valence-electron chi connectivity index (χ4n) is 3.48. The molecule has 1 amide bonds. The molecule has 2 aromatic carbocycles. The summed E-state index contributed by atoms with van der Waals surface area (Å²) in [5.74, 6) is 1.52. The highest BCUT2D eigenvalue weighted by molar-refractivity contribution is 5.99. The van der Waals surface area contributed by atoms with Gasteiger partial charge in [0.1, 0.15) is 5.75 Å². The van der Waals surface area contributed by atoms with Gasteiger partial charge in [-0.1, -0.05) is 18.2 Å². The van der Waals surface area contributed by atoms with Crippen molar-refractivity contribution in [3.05, 3.63) is 71.5 Å². The van der Waals surface area contributed by atoms with E-state index in [0.29, 0.717) is 30.3 Å². The number of nitrogens with zero attached hydrogens (tertiary/aromatic N) is 2. The molecule has 8 heteroatoms. The molecule has 0 unspecified atom stereocenters. The first-order chi connectivity index (χ1) is 16.0. The van der Waals surface area contributed by atoms with Crippen molar-refractivity contribution in [3.63, 3.8) is 0 Å². The molecule has 8 nitrogen and oxygen atoms in total. The van der Waals surface area contributed by atoms with Gasteiger partial charge in [0, 0.05) is 32.1 Å². The second-order valence-corrected chi connectivity index (χ2v) is 7.33. The molecule has 0 aliphatic carbocycles. The highest BCUT2D eigenvalue weighted by Gasteiger charge is 2.27. The van der Waals surface area contributed by atoms with E-state index < -0.39 is 0 Å². The molecule has 1 heterocycles. The SMILES string of the molecule is COc1c(Oc2ccc(CCN)cc2)cc(C(=O)N(C)Cc2cccnc2)c(OC)c1OC. The first-order valence-electron chi connectivity index (χ1n) is 10.5. The fraction of sp³-hybridized carbons (Fsp3) is 0.280. The number of carbonyl (C=O) groups is 1. The van der Waals surface area contributed by atoms with Gasteiger partial charge in [-0.25, -0.2) is 0 Å². The van der Waals surface area contributed by atoms with Gasteiger partial charge in [0.2, 0.25) is 11.5 Å². The van der Waals surface area contributed by atoms with Crippen molar-refractivity contribution in [3.8, 4) is 28.7 Å². The van der Waals surface area contributed by atoms with Gasteiger partial charge in [0.25, 0.3) is 5.91 Å². The molecule has 2 N–H and O–H groups in total. The Morgan fingerprint density at radius 1 is 0.970 bits per heavy atom. The van der Waals surface area contributed by atoms with E-state index >= 15 is 0 Å². The maximum Gasteiger partial charge on any atom is 0.257 e. The zero-order valence-electron chi connectivity index (χ0n) is 19.3. The monoisotopic (exact) mass is 451 g/mol. The highest BCUT2D eigenvalue weighted by Crippen LogP contribution is 2.48. The number of amides is 1. The van der Waals surface area contributed by atoms with E-state index in [1.807, 2.05) is 36.4 Å². The fourth-order valence-corrected chi connectivity index (χ4v) is 3.48. The predicted octanol–water partition coefficient (Wildman–Crippen LogP) is 3.67. The highest BCUT2D eigenvalue weighted by atomic mass is 16.5. The molecule has 174 valence electrons. The topological polar surface area (TPSA) is 96.1 Å². The molecule has 0 aliphatic rings. The van der Waals surface area contributed by atoms with Crippen molar-refractivity contribution in [2.75, 3.05) is 34.9 Å². The Labute approximate surface area is 193 Å². The van der Waals surface area contributed by atoms with Gasteiger partial charge in [0.05, 0.1) is 26.9 Å². The number of hydrogen-bond acceptors (Lipinski definition) is 7. The molecule has 3 rings (SSSR count). The minimum Gasteiger partial charge on any atom is -0.492 e. The number of nitrogens with two attached hydrogens (primary N) is 1. The maximum absolute atomic E-state index is 13.4. The van der Waals surface area contributed by atoms with Gasteiger partial charge in [-0.2, -0.15) is 0 Å². The molecule has 0 saturated heterocycles. The van der Waals surface area contributed by atoms with Crippen LogP contribution in [0.3, 0.4) is 0 Å². The van der Waals surface area contributed by atoms with Crippen LogP contribution in [0.4, 0.5) is 0 Å². The Hall–Kier alpha value is -3.78. The third-order valence-electron chi connectivity index (χ3n) is 5.07. The second kappa shape index (κ2) is 11.2. The Morgan fingerprint density at radius 2 is 1.67 bits per heavy atom. The summed E-state index contributed by atoms with van der Waals surface area (Å²) in [5, 5.41) is 0. The summed E-state index contributed by atoms with van der Waals surface area (Å²) < 4.78 is 22.7. The smallest absolute Gasteiger partial charge is 0.257 e. The van der Waals surface area contributed by atoms with E-state index in [2.05, 4.69) is 4.98 Å². The van der Waals surface area contributed by atoms with E-state index in [1.54, 1.807) is 30.4 Å². The molecule has 0 aliphatic heterocycles. The average molecular weight is 452 g/mol. The summed E-state index contributed by atoms with van der Waals surface area (Å²) in [5.41, 5.74) is 7.93. The number of aromatic nitrogens is 1. The van der Waals surface area contributed by atoms with E-state index in [4.69, 9.17) is 24.7 Å². The normalized spacial score (nSPS) is 10.5. The van der Waals surface area contributed by atoms with E-state index in [0.717, 1.165) is 17.5 Å². The molecular weight excluding hydrogens is 422 g/mol. The van der Waals surface area contributed by atoms with Gasteiger partial charge in [-0.15, -0.1) is 0 Å². The molecule has 3 aromatic rings. The van der Waals surface area contributed by atoms with Crippen LogP contribution in [0.5, 0.6) is 28.7 Å². The third kappa shape index (κ3) is 5.53. The van der Waals surface area contributed by atoms with Crippen molar-refractivity contribution in [2.24, 2.45) is 5.73 Å². The van der Waals surface area contributed by atoms with Crippen molar-refractivity contribution in [1.29, 1.82) is 0 Å². The van der Waals surface area contributed by atoms with Gasteiger partial charge in [-0.05, 0) is 42.3 Å². The predicted molar refractivity (Wildman–Crippen MR) is 125 cm³/mol. The Bertz CT molecular complexity index is 1070. The summed E-state index contributed by atoms with van der Waals surface area (Å²) >= 11 is 0. The lowest BCUT2D eigenvalue weighted by molar-refractivity contribution is 0.0780. The van der Waals surface area contributed by atoms with Crippen molar-refractivity contribution in [1.82, 2.24) is 9.88 Å². The number of pyridine rings is 1. The largest absolute Gasteiger partial charge is 0.492 e. The summed E-state index contributed by atoms with van der Waals surface area (Å²) in [6, 6.07) is 12.9.